The Bertz CT molecular complexity index is 426. The molecule has 0 aliphatic carbocycles. The van der Waals surface area contributed by atoms with Gasteiger partial charge in [0.05, 0.1) is 7.11 Å². The number of anilines is 1. The van der Waals surface area contributed by atoms with Crippen molar-refractivity contribution in [2.24, 2.45) is 0 Å². The molecule has 1 aromatic carbocycles. The van der Waals surface area contributed by atoms with E-state index in [-0.39, 0.29) is 5.54 Å². The van der Waals surface area contributed by atoms with Crippen LogP contribution in [0.4, 0.5) is 5.69 Å². The summed E-state index contributed by atoms with van der Waals surface area (Å²) in [6.45, 7) is 5.02. The van der Waals surface area contributed by atoms with Crippen molar-refractivity contribution >= 4 is 11.5 Å². The molecule has 1 fully saturated rings. The molecule has 1 aliphatic rings. The third kappa shape index (κ3) is 2.43. The molecule has 1 aliphatic heterocycles. The molecule has 0 radical (unpaired) electrons. The third-order valence-electron chi connectivity index (χ3n) is 3.34. The van der Waals surface area contributed by atoms with E-state index in [0.29, 0.717) is 18.6 Å². The Balaban J connectivity index is 2.29. The van der Waals surface area contributed by atoms with Crippen LogP contribution in [0.3, 0.4) is 0 Å². The maximum absolute atomic E-state index is 11.5. The highest BCUT2D eigenvalue weighted by Crippen LogP contribution is 2.32. The minimum absolute atomic E-state index is 0.109. The standard InChI is InChI=1S/C14H19NO2/c1-14(2)10-12(16)7-8-15(14)11-5-4-6-13(9-11)17-3/h4-6,9H,7-8,10H2,1-3H3. The van der Waals surface area contributed by atoms with Gasteiger partial charge >= 0.3 is 0 Å². The first-order valence-corrected chi connectivity index (χ1v) is 5.96. The Labute approximate surface area is 102 Å². The summed E-state index contributed by atoms with van der Waals surface area (Å²) in [6.07, 6.45) is 1.25. The van der Waals surface area contributed by atoms with Crippen LogP contribution in [0.25, 0.3) is 0 Å². The number of rotatable bonds is 2. The monoisotopic (exact) mass is 233 g/mol. The summed E-state index contributed by atoms with van der Waals surface area (Å²) >= 11 is 0. The Hall–Kier alpha value is -1.51. The summed E-state index contributed by atoms with van der Waals surface area (Å²) in [5.74, 6) is 1.21. The number of carbonyl (C=O) groups excluding carboxylic acids is 1. The molecule has 0 bridgehead atoms. The fraction of sp³-hybridized carbons (Fsp3) is 0.500. The van der Waals surface area contributed by atoms with Gasteiger partial charge in [0.15, 0.2) is 0 Å². The molecule has 3 nitrogen and oxygen atoms in total. The Morgan fingerprint density at radius 2 is 2.12 bits per heavy atom. The average Bonchev–Trinajstić information content (AvgIpc) is 2.27. The van der Waals surface area contributed by atoms with Crippen molar-refractivity contribution in [1.82, 2.24) is 0 Å². The molecule has 0 unspecified atom stereocenters. The van der Waals surface area contributed by atoms with Gasteiger partial charge in [0.25, 0.3) is 0 Å². The van der Waals surface area contributed by atoms with Crippen LogP contribution in [-0.2, 0) is 4.79 Å². The molecule has 92 valence electrons. The summed E-state index contributed by atoms with van der Waals surface area (Å²) in [4.78, 5) is 13.8. The highest BCUT2D eigenvalue weighted by molar-refractivity contribution is 5.82. The van der Waals surface area contributed by atoms with Crippen molar-refractivity contribution < 1.29 is 9.53 Å². The molecule has 0 saturated carbocycles. The first-order valence-electron chi connectivity index (χ1n) is 5.96. The van der Waals surface area contributed by atoms with Crippen LogP contribution in [0.15, 0.2) is 24.3 Å². The van der Waals surface area contributed by atoms with Crippen LogP contribution in [0.5, 0.6) is 5.75 Å². The first-order chi connectivity index (χ1) is 8.03. The van der Waals surface area contributed by atoms with Gasteiger partial charge in [0.2, 0.25) is 0 Å². The summed E-state index contributed by atoms with van der Waals surface area (Å²) in [6, 6.07) is 8.02. The molecule has 3 heteroatoms. The number of piperidine rings is 1. The fourth-order valence-corrected chi connectivity index (χ4v) is 2.46. The average molecular weight is 233 g/mol. The minimum Gasteiger partial charge on any atom is -0.497 e. The molecule has 0 N–H and O–H groups in total. The summed E-state index contributed by atoms with van der Waals surface area (Å²) in [5, 5.41) is 0. The van der Waals surface area contributed by atoms with E-state index in [4.69, 9.17) is 4.74 Å². The van der Waals surface area contributed by atoms with Gasteiger partial charge in [-0.25, -0.2) is 0 Å². The van der Waals surface area contributed by atoms with Crippen molar-refractivity contribution in [3.05, 3.63) is 24.3 Å². The molecule has 17 heavy (non-hydrogen) atoms. The molecular formula is C14H19NO2. The lowest BCUT2D eigenvalue weighted by molar-refractivity contribution is -0.121. The molecule has 0 atom stereocenters. The van der Waals surface area contributed by atoms with E-state index in [1.54, 1.807) is 7.11 Å². The largest absolute Gasteiger partial charge is 0.497 e. The molecule has 1 saturated heterocycles. The molecule has 0 aromatic heterocycles. The van der Waals surface area contributed by atoms with Crippen LogP contribution in [0.1, 0.15) is 26.7 Å². The van der Waals surface area contributed by atoms with Gasteiger partial charge in [-0.05, 0) is 26.0 Å². The summed E-state index contributed by atoms with van der Waals surface area (Å²) < 4.78 is 5.24. The lowest BCUT2D eigenvalue weighted by Crippen LogP contribution is -2.50. The first kappa shape index (κ1) is 12.0. The maximum Gasteiger partial charge on any atom is 0.136 e. The number of nitrogens with zero attached hydrogens (tertiary/aromatic N) is 1. The summed E-state index contributed by atoms with van der Waals surface area (Å²) in [5.41, 5.74) is 1.02. The van der Waals surface area contributed by atoms with Crippen LogP contribution in [0, 0.1) is 0 Å². The van der Waals surface area contributed by atoms with Gasteiger partial charge in [-0.3, -0.25) is 4.79 Å². The Morgan fingerprint density at radius 3 is 2.76 bits per heavy atom. The lowest BCUT2D eigenvalue weighted by Gasteiger charge is -2.43. The molecule has 0 spiro atoms. The zero-order valence-corrected chi connectivity index (χ0v) is 10.7. The topological polar surface area (TPSA) is 29.5 Å². The van der Waals surface area contributed by atoms with Gasteiger partial charge in [-0.15, -0.1) is 0 Å². The second kappa shape index (κ2) is 4.40. The molecule has 1 heterocycles. The predicted octanol–water partition coefficient (Wildman–Crippen LogP) is 2.64. The molecule has 1 aromatic rings. The van der Waals surface area contributed by atoms with Crippen LogP contribution in [0.2, 0.25) is 0 Å². The highest BCUT2D eigenvalue weighted by atomic mass is 16.5. The SMILES string of the molecule is COc1cccc(N2CCC(=O)CC2(C)C)c1. The molecule has 2 rings (SSSR count). The van der Waals surface area contributed by atoms with Gasteiger partial charge in [0, 0.05) is 36.7 Å². The smallest absolute Gasteiger partial charge is 0.136 e. The number of benzene rings is 1. The zero-order valence-electron chi connectivity index (χ0n) is 10.7. The van der Waals surface area contributed by atoms with Crippen LogP contribution in [-0.4, -0.2) is 25.0 Å². The molecular weight excluding hydrogens is 214 g/mol. The van der Waals surface area contributed by atoms with Gasteiger partial charge in [0.1, 0.15) is 11.5 Å². The highest BCUT2D eigenvalue weighted by Gasteiger charge is 2.33. The Kier molecular flexibility index (Phi) is 3.09. The number of hydrogen-bond acceptors (Lipinski definition) is 3. The maximum atomic E-state index is 11.5. The van der Waals surface area contributed by atoms with Crippen molar-refractivity contribution in [2.75, 3.05) is 18.6 Å². The second-order valence-corrected chi connectivity index (χ2v) is 5.13. The number of ether oxygens (including phenoxy) is 1. The number of carbonyl (C=O) groups is 1. The van der Waals surface area contributed by atoms with Crippen molar-refractivity contribution in [1.29, 1.82) is 0 Å². The fourth-order valence-electron chi connectivity index (χ4n) is 2.46. The van der Waals surface area contributed by atoms with Gasteiger partial charge < -0.3 is 9.64 Å². The lowest BCUT2D eigenvalue weighted by atomic mass is 9.89. The third-order valence-corrected chi connectivity index (χ3v) is 3.34. The quantitative estimate of drug-likeness (QED) is 0.786. The number of ketones is 1. The zero-order chi connectivity index (χ0) is 12.5. The van der Waals surface area contributed by atoms with E-state index in [0.717, 1.165) is 18.0 Å². The van der Waals surface area contributed by atoms with Crippen molar-refractivity contribution in [3.63, 3.8) is 0 Å². The Morgan fingerprint density at radius 1 is 1.35 bits per heavy atom. The van der Waals surface area contributed by atoms with Crippen LogP contribution < -0.4 is 9.64 Å². The predicted molar refractivity (Wildman–Crippen MR) is 68.7 cm³/mol. The van der Waals surface area contributed by atoms with E-state index < -0.39 is 0 Å². The van der Waals surface area contributed by atoms with E-state index in [1.165, 1.54) is 0 Å². The van der Waals surface area contributed by atoms with Crippen molar-refractivity contribution in [2.45, 2.75) is 32.2 Å². The van der Waals surface area contributed by atoms with E-state index >= 15 is 0 Å². The van der Waals surface area contributed by atoms with Crippen molar-refractivity contribution in [3.8, 4) is 5.75 Å². The van der Waals surface area contributed by atoms with Crippen LogP contribution >= 0.6 is 0 Å². The normalized spacial score (nSPS) is 19.2. The summed E-state index contributed by atoms with van der Waals surface area (Å²) in [7, 11) is 1.67. The van der Waals surface area contributed by atoms with Gasteiger partial charge in [-0.2, -0.15) is 0 Å². The van der Waals surface area contributed by atoms with Gasteiger partial charge in [-0.1, -0.05) is 6.07 Å². The van der Waals surface area contributed by atoms with E-state index in [2.05, 4.69) is 24.8 Å². The second-order valence-electron chi connectivity index (χ2n) is 5.13. The number of Topliss-reactive ketones (excluding diaryl/α,β-unsaturated/α-hetero) is 1. The number of methoxy groups -OCH3 is 1. The minimum atomic E-state index is -0.109. The number of hydrogen-bond donors (Lipinski definition) is 0. The van der Waals surface area contributed by atoms with E-state index in [1.807, 2.05) is 18.2 Å². The van der Waals surface area contributed by atoms with E-state index in [9.17, 15) is 4.79 Å². The molecule has 0 amide bonds.